The molecule has 0 saturated carbocycles. The van der Waals surface area contributed by atoms with Crippen molar-refractivity contribution in [3.05, 3.63) is 42.1 Å². The molecule has 0 aliphatic carbocycles. The average Bonchev–Trinajstić information content (AvgIpc) is 2.38. The van der Waals surface area contributed by atoms with Crippen molar-refractivity contribution in [2.24, 2.45) is 10.7 Å². The molecule has 2 rings (SSSR count). The van der Waals surface area contributed by atoms with Crippen molar-refractivity contribution in [2.45, 2.75) is 0 Å². The third-order valence-corrected chi connectivity index (χ3v) is 2.46. The largest absolute Gasteiger partial charge is 0.383 e. The lowest BCUT2D eigenvalue weighted by atomic mass is 10.1. The molecule has 0 radical (unpaired) electrons. The second-order valence-corrected chi connectivity index (χ2v) is 3.68. The van der Waals surface area contributed by atoms with Gasteiger partial charge in [-0.25, -0.2) is 0 Å². The fraction of sp³-hybridized carbons (Fsp3) is 0.231. The summed E-state index contributed by atoms with van der Waals surface area (Å²) in [6.45, 7) is 1.14. The molecule has 1 heterocycles. The highest BCUT2D eigenvalue weighted by molar-refractivity contribution is 5.99. The van der Waals surface area contributed by atoms with E-state index in [1.54, 1.807) is 13.3 Å². The number of nitrogens with zero attached hydrogens (tertiary/aromatic N) is 2. The maximum atomic E-state index is 5.88. The predicted octanol–water partition coefficient (Wildman–Crippen LogP) is 1.59. The molecule has 1 aromatic heterocycles. The van der Waals surface area contributed by atoms with Crippen LogP contribution >= 0.6 is 0 Å². The molecule has 0 spiro atoms. The van der Waals surface area contributed by atoms with Crippen molar-refractivity contribution in [3.8, 4) is 0 Å². The van der Waals surface area contributed by atoms with Gasteiger partial charge in [-0.3, -0.25) is 9.98 Å². The number of nitrogens with two attached hydrogens (primary N) is 1. The first-order chi connectivity index (χ1) is 8.31. The van der Waals surface area contributed by atoms with Gasteiger partial charge in [-0.15, -0.1) is 0 Å². The number of hydrogen-bond acceptors (Lipinski definition) is 3. The molecule has 0 amide bonds. The Hall–Kier alpha value is -1.94. The Morgan fingerprint density at radius 3 is 3.06 bits per heavy atom. The van der Waals surface area contributed by atoms with Crippen molar-refractivity contribution in [1.82, 2.24) is 4.98 Å². The van der Waals surface area contributed by atoms with E-state index in [4.69, 9.17) is 10.5 Å². The summed E-state index contributed by atoms with van der Waals surface area (Å²) >= 11 is 0. The Kier molecular flexibility index (Phi) is 3.67. The van der Waals surface area contributed by atoms with Crippen molar-refractivity contribution in [3.63, 3.8) is 0 Å². The van der Waals surface area contributed by atoms with Crippen LogP contribution in [0.15, 0.2) is 41.5 Å². The van der Waals surface area contributed by atoms with Gasteiger partial charge < -0.3 is 10.5 Å². The molecule has 0 saturated heterocycles. The van der Waals surface area contributed by atoms with Gasteiger partial charge in [0.2, 0.25) is 0 Å². The highest BCUT2D eigenvalue weighted by Gasteiger charge is 2.00. The fourth-order valence-electron chi connectivity index (χ4n) is 1.56. The van der Waals surface area contributed by atoms with Gasteiger partial charge in [0, 0.05) is 24.3 Å². The summed E-state index contributed by atoms with van der Waals surface area (Å²) in [5, 5.41) is 1.06. The van der Waals surface area contributed by atoms with Crippen molar-refractivity contribution in [2.75, 3.05) is 20.3 Å². The summed E-state index contributed by atoms with van der Waals surface area (Å²) in [5.74, 6) is 0.500. The number of aromatic nitrogens is 1. The van der Waals surface area contributed by atoms with E-state index in [-0.39, 0.29) is 0 Å². The lowest BCUT2D eigenvalue weighted by Crippen LogP contribution is -2.15. The molecule has 17 heavy (non-hydrogen) atoms. The average molecular weight is 229 g/mol. The minimum absolute atomic E-state index is 0.500. The van der Waals surface area contributed by atoms with Crippen LogP contribution in [0, 0.1) is 0 Å². The van der Waals surface area contributed by atoms with Crippen molar-refractivity contribution < 1.29 is 4.74 Å². The molecule has 0 bridgehead atoms. The second kappa shape index (κ2) is 5.41. The minimum Gasteiger partial charge on any atom is -0.383 e. The number of methoxy groups -OCH3 is 1. The molecular formula is C13H15N3O. The van der Waals surface area contributed by atoms with Gasteiger partial charge in [-0.05, 0) is 12.1 Å². The standard InChI is InChI=1S/C13H15N3O/c1-17-7-6-15-13(14)11-8-10-4-2-3-5-12(10)16-9-11/h2-5,8-9H,6-7H2,1H3,(H2,14,15). The van der Waals surface area contributed by atoms with E-state index in [1.807, 2.05) is 30.3 Å². The van der Waals surface area contributed by atoms with Gasteiger partial charge >= 0.3 is 0 Å². The Balaban J connectivity index is 2.26. The van der Waals surface area contributed by atoms with E-state index < -0.39 is 0 Å². The Morgan fingerprint density at radius 1 is 1.41 bits per heavy atom. The summed E-state index contributed by atoms with van der Waals surface area (Å²) < 4.78 is 4.92. The fourth-order valence-corrected chi connectivity index (χ4v) is 1.56. The summed E-state index contributed by atoms with van der Waals surface area (Å²) in [5.41, 5.74) is 7.69. The molecule has 88 valence electrons. The highest BCUT2D eigenvalue weighted by atomic mass is 16.5. The minimum atomic E-state index is 0.500. The third kappa shape index (κ3) is 2.79. The monoisotopic (exact) mass is 229 g/mol. The molecule has 0 fully saturated rings. The van der Waals surface area contributed by atoms with Crippen molar-refractivity contribution >= 4 is 16.7 Å². The lowest BCUT2D eigenvalue weighted by Gasteiger charge is -2.03. The molecule has 0 aliphatic heterocycles. The molecule has 4 nitrogen and oxygen atoms in total. The van der Waals surface area contributed by atoms with E-state index >= 15 is 0 Å². The maximum absolute atomic E-state index is 5.88. The normalized spacial score (nSPS) is 11.9. The summed E-state index contributed by atoms with van der Waals surface area (Å²) in [4.78, 5) is 8.56. The zero-order valence-corrected chi connectivity index (χ0v) is 9.76. The molecule has 1 aromatic carbocycles. The number of benzene rings is 1. The first-order valence-corrected chi connectivity index (χ1v) is 5.45. The number of fused-ring (bicyclic) bond motifs is 1. The van der Waals surface area contributed by atoms with Gasteiger partial charge in [-0.2, -0.15) is 0 Å². The number of aliphatic imine (C=N–C) groups is 1. The number of amidine groups is 1. The van der Waals surface area contributed by atoms with E-state index in [2.05, 4.69) is 9.98 Å². The Labute approximate surface area is 100 Å². The summed E-state index contributed by atoms with van der Waals surface area (Å²) in [7, 11) is 1.64. The van der Waals surface area contributed by atoms with Crippen LogP contribution in [0.3, 0.4) is 0 Å². The summed E-state index contributed by atoms with van der Waals surface area (Å²) in [6, 6.07) is 9.91. The molecular weight excluding hydrogens is 214 g/mol. The van der Waals surface area contributed by atoms with Crippen LogP contribution in [0.1, 0.15) is 5.56 Å². The molecule has 0 atom stereocenters. The van der Waals surface area contributed by atoms with Gasteiger partial charge in [0.15, 0.2) is 0 Å². The van der Waals surface area contributed by atoms with Gasteiger partial charge in [-0.1, -0.05) is 18.2 Å². The smallest absolute Gasteiger partial charge is 0.127 e. The van der Waals surface area contributed by atoms with E-state index in [0.717, 1.165) is 16.5 Å². The van der Waals surface area contributed by atoms with Crippen molar-refractivity contribution in [1.29, 1.82) is 0 Å². The molecule has 4 heteroatoms. The van der Waals surface area contributed by atoms with Crippen LogP contribution in [0.5, 0.6) is 0 Å². The first-order valence-electron chi connectivity index (χ1n) is 5.45. The highest BCUT2D eigenvalue weighted by Crippen LogP contribution is 2.12. The topological polar surface area (TPSA) is 60.5 Å². The zero-order valence-electron chi connectivity index (χ0n) is 9.76. The number of hydrogen-bond donors (Lipinski definition) is 1. The second-order valence-electron chi connectivity index (χ2n) is 3.68. The van der Waals surface area contributed by atoms with Crippen LogP contribution in [-0.2, 0) is 4.74 Å². The Morgan fingerprint density at radius 2 is 2.24 bits per heavy atom. The van der Waals surface area contributed by atoms with Crippen LogP contribution in [0.25, 0.3) is 10.9 Å². The summed E-state index contributed by atoms with van der Waals surface area (Å²) in [6.07, 6.45) is 1.74. The van der Waals surface area contributed by atoms with E-state index in [0.29, 0.717) is 19.0 Å². The van der Waals surface area contributed by atoms with Crippen LogP contribution in [0.2, 0.25) is 0 Å². The van der Waals surface area contributed by atoms with E-state index in [9.17, 15) is 0 Å². The van der Waals surface area contributed by atoms with Gasteiger partial charge in [0.1, 0.15) is 5.84 Å². The maximum Gasteiger partial charge on any atom is 0.127 e. The molecule has 2 aromatic rings. The number of rotatable bonds is 4. The van der Waals surface area contributed by atoms with Crippen LogP contribution in [0.4, 0.5) is 0 Å². The van der Waals surface area contributed by atoms with Gasteiger partial charge in [0.25, 0.3) is 0 Å². The predicted molar refractivity (Wildman–Crippen MR) is 69.2 cm³/mol. The quantitative estimate of drug-likeness (QED) is 0.492. The van der Waals surface area contributed by atoms with Crippen LogP contribution < -0.4 is 5.73 Å². The SMILES string of the molecule is COCCN=C(N)c1cnc2ccccc2c1. The number of pyridine rings is 1. The molecule has 2 N–H and O–H groups in total. The molecule has 0 unspecified atom stereocenters. The number of ether oxygens (including phenoxy) is 1. The first kappa shape index (κ1) is 11.5. The van der Waals surface area contributed by atoms with E-state index in [1.165, 1.54) is 0 Å². The Bertz CT molecular complexity index is 537. The zero-order chi connectivity index (χ0) is 12.1. The molecule has 0 aliphatic rings. The van der Waals surface area contributed by atoms with Crippen LogP contribution in [-0.4, -0.2) is 31.1 Å². The lowest BCUT2D eigenvalue weighted by molar-refractivity contribution is 0.208. The van der Waals surface area contributed by atoms with Gasteiger partial charge in [0.05, 0.1) is 18.7 Å². The third-order valence-electron chi connectivity index (χ3n) is 2.46. The number of para-hydroxylation sites is 1.